The molecule has 0 radical (unpaired) electrons. The van der Waals surface area contributed by atoms with Gasteiger partial charge in [-0.3, -0.25) is 4.79 Å². The molecule has 1 amide bonds. The molecule has 0 atom stereocenters. The summed E-state index contributed by atoms with van der Waals surface area (Å²) >= 11 is 0. The number of hydrogen-bond donors (Lipinski definition) is 0. The van der Waals surface area contributed by atoms with Crippen LogP contribution in [0.5, 0.6) is 5.75 Å². The van der Waals surface area contributed by atoms with Crippen LogP contribution in [-0.4, -0.2) is 24.7 Å². The topological polar surface area (TPSA) is 62.6 Å². The van der Waals surface area contributed by atoms with E-state index in [4.69, 9.17) is 14.7 Å². The summed E-state index contributed by atoms with van der Waals surface area (Å²) in [5.41, 5.74) is 3.11. The van der Waals surface area contributed by atoms with Crippen molar-refractivity contribution in [3.8, 4) is 11.8 Å². The molecule has 1 aliphatic heterocycles. The predicted octanol–water partition coefficient (Wildman–Crippen LogP) is 2.70. The molecule has 5 heteroatoms. The lowest BCUT2D eigenvalue weighted by molar-refractivity contribution is 0.0490. The van der Waals surface area contributed by atoms with Crippen LogP contribution in [-0.2, 0) is 17.8 Å². The molecular formula is C18H16N2O3. The van der Waals surface area contributed by atoms with Crippen LogP contribution in [0.25, 0.3) is 0 Å². The van der Waals surface area contributed by atoms with Crippen LogP contribution in [0.1, 0.15) is 27.0 Å². The van der Waals surface area contributed by atoms with Crippen molar-refractivity contribution in [2.24, 2.45) is 0 Å². The van der Waals surface area contributed by atoms with Gasteiger partial charge in [-0.1, -0.05) is 24.3 Å². The fourth-order valence-corrected chi connectivity index (χ4v) is 2.66. The second kappa shape index (κ2) is 6.51. The van der Waals surface area contributed by atoms with Gasteiger partial charge in [0, 0.05) is 20.2 Å². The normalized spacial score (nSPS) is 12.6. The Kier molecular flexibility index (Phi) is 4.26. The summed E-state index contributed by atoms with van der Waals surface area (Å²) in [4.78, 5) is 14.6. The number of benzene rings is 2. The monoisotopic (exact) mass is 308 g/mol. The van der Waals surface area contributed by atoms with Crippen molar-refractivity contribution >= 4 is 5.91 Å². The minimum atomic E-state index is -0.149. The molecule has 23 heavy (non-hydrogen) atoms. The Morgan fingerprint density at radius 1 is 1.22 bits per heavy atom. The SMILES string of the molecule is COCOc1ccc(C#N)cc1C(=O)N1Cc2ccccc2C1. The highest BCUT2D eigenvalue weighted by atomic mass is 16.7. The van der Waals surface area contributed by atoms with E-state index in [1.807, 2.05) is 24.3 Å². The first-order valence-electron chi connectivity index (χ1n) is 7.25. The third-order valence-electron chi connectivity index (χ3n) is 3.80. The number of amides is 1. The number of carbonyl (C=O) groups is 1. The second-order valence-corrected chi connectivity index (χ2v) is 5.30. The molecule has 116 valence electrons. The van der Waals surface area contributed by atoms with Crippen LogP contribution in [0.3, 0.4) is 0 Å². The molecule has 3 rings (SSSR count). The Hall–Kier alpha value is -2.84. The number of fused-ring (bicyclic) bond motifs is 1. The van der Waals surface area contributed by atoms with Crippen molar-refractivity contribution in [2.45, 2.75) is 13.1 Å². The number of methoxy groups -OCH3 is 1. The lowest BCUT2D eigenvalue weighted by Gasteiger charge is -2.18. The quantitative estimate of drug-likeness (QED) is 0.815. The van der Waals surface area contributed by atoms with E-state index < -0.39 is 0 Å². The van der Waals surface area contributed by atoms with Crippen LogP contribution < -0.4 is 4.74 Å². The summed E-state index contributed by atoms with van der Waals surface area (Å²) < 4.78 is 10.4. The Labute approximate surface area is 134 Å². The largest absolute Gasteiger partial charge is 0.467 e. The van der Waals surface area contributed by atoms with Gasteiger partial charge in [0.05, 0.1) is 17.2 Å². The lowest BCUT2D eigenvalue weighted by Crippen LogP contribution is -2.26. The van der Waals surface area contributed by atoms with Crippen molar-refractivity contribution in [2.75, 3.05) is 13.9 Å². The van der Waals surface area contributed by atoms with Crippen molar-refractivity contribution < 1.29 is 14.3 Å². The van der Waals surface area contributed by atoms with Gasteiger partial charge in [0.15, 0.2) is 6.79 Å². The summed E-state index contributed by atoms with van der Waals surface area (Å²) in [6, 6.07) is 14.9. The van der Waals surface area contributed by atoms with E-state index in [0.717, 1.165) is 11.1 Å². The number of nitrogens with zero attached hydrogens (tertiary/aromatic N) is 2. The molecular weight excluding hydrogens is 292 g/mol. The van der Waals surface area contributed by atoms with Gasteiger partial charge in [-0.25, -0.2) is 0 Å². The van der Waals surface area contributed by atoms with Crippen LogP contribution in [0.4, 0.5) is 0 Å². The van der Waals surface area contributed by atoms with E-state index in [1.54, 1.807) is 23.1 Å². The van der Waals surface area contributed by atoms with Gasteiger partial charge in [0.25, 0.3) is 5.91 Å². The highest BCUT2D eigenvalue weighted by Gasteiger charge is 2.26. The number of ether oxygens (including phenoxy) is 2. The van der Waals surface area contributed by atoms with Gasteiger partial charge >= 0.3 is 0 Å². The average molecular weight is 308 g/mol. The van der Waals surface area contributed by atoms with Gasteiger partial charge in [-0.15, -0.1) is 0 Å². The van der Waals surface area contributed by atoms with Crippen molar-refractivity contribution in [1.82, 2.24) is 4.90 Å². The molecule has 0 saturated carbocycles. The molecule has 0 aromatic heterocycles. The molecule has 0 saturated heterocycles. The zero-order chi connectivity index (χ0) is 16.2. The van der Waals surface area contributed by atoms with Crippen molar-refractivity contribution in [3.05, 3.63) is 64.7 Å². The summed E-state index contributed by atoms with van der Waals surface area (Å²) in [6.07, 6.45) is 0. The fourth-order valence-electron chi connectivity index (χ4n) is 2.66. The smallest absolute Gasteiger partial charge is 0.258 e. The fraction of sp³-hybridized carbons (Fsp3) is 0.222. The Morgan fingerprint density at radius 2 is 1.91 bits per heavy atom. The van der Waals surface area contributed by atoms with E-state index in [-0.39, 0.29) is 12.7 Å². The molecule has 1 aliphatic rings. The summed E-state index contributed by atoms with van der Waals surface area (Å²) in [6.45, 7) is 1.18. The zero-order valence-corrected chi connectivity index (χ0v) is 12.8. The Balaban J connectivity index is 1.88. The predicted molar refractivity (Wildman–Crippen MR) is 83.7 cm³/mol. The van der Waals surface area contributed by atoms with E-state index in [2.05, 4.69) is 6.07 Å². The first-order chi connectivity index (χ1) is 11.2. The van der Waals surface area contributed by atoms with E-state index >= 15 is 0 Å². The maximum Gasteiger partial charge on any atom is 0.258 e. The number of nitriles is 1. The Bertz CT molecular complexity index is 755. The number of carbonyl (C=O) groups excluding carboxylic acids is 1. The highest BCUT2D eigenvalue weighted by molar-refractivity contribution is 5.97. The van der Waals surface area contributed by atoms with Gasteiger partial charge in [0.1, 0.15) is 5.75 Å². The minimum Gasteiger partial charge on any atom is -0.467 e. The Morgan fingerprint density at radius 3 is 2.52 bits per heavy atom. The molecule has 0 N–H and O–H groups in total. The molecule has 0 unspecified atom stereocenters. The van der Waals surface area contributed by atoms with Crippen LogP contribution >= 0.6 is 0 Å². The maximum absolute atomic E-state index is 12.9. The van der Waals surface area contributed by atoms with Crippen LogP contribution in [0.15, 0.2) is 42.5 Å². The average Bonchev–Trinajstić information content (AvgIpc) is 3.03. The summed E-state index contributed by atoms with van der Waals surface area (Å²) in [5, 5.41) is 9.08. The standard InChI is InChI=1S/C18H16N2O3/c1-22-12-23-17-7-6-13(9-19)8-16(17)18(21)20-10-14-4-2-3-5-15(14)11-20/h2-8H,10-12H2,1H3. The third-order valence-corrected chi connectivity index (χ3v) is 3.80. The van der Waals surface area contributed by atoms with Gasteiger partial charge in [-0.05, 0) is 29.3 Å². The molecule has 5 nitrogen and oxygen atoms in total. The number of rotatable bonds is 4. The van der Waals surface area contributed by atoms with E-state index in [0.29, 0.717) is 30.0 Å². The first-order valence-corrected chi connectivity index (χ1v) is 7.25. The molecule has 2 aromatic rings. The molecule has 2 aromatic carbocycles. The third kappa shape index (κ3) is 3.03. The first kappa shape index (κ1) is 15.1. The minimum absolute atomic E-state index is 0.0480. The summed E-state index contributed by atoms with van der Waals surface area (Å²) in [5.74, 6) is 0.274. The second-order valence-electron chi connectivity index (χ2n) is 5.30. The van der Waals surface area contributed by atoms with Crippen molar-refractivity contribution in [3.63, 3.8) is 0 Å². The van der Waals surface area contributed by atoms with Crippen LogP contribution in [0.2, 0.25) is 0 Å². The van der Waals surface area contributed by atoms with Gasteiger partial charge in [-0.2, -0.15) is 5.26 Å². The zero-order valence-electron chi connectivity index (χ0n) is 12.8. The molecule has 0 spiro atoms. The van der Waals surface area contributed by atoms with Gasteiger partial charge in [0.2, 0.25) is 0 Å². The van der Waals surface area contributed by atoms with E-state index in [9.17, 15) is 4.79 Å². The van der Waals surface area contributed by atoms with Gasteiger partial charge < -0.3 is 14.4 Å². The molecule has 0 fully saturated rings. The summed E-state index contributed by atoms with van der Waals surface area (Å²) in [7, 11) is 1.52. The molecule has 1 heterocycles. The van der Waals surface area contributed by atoms with Crippen molar-refractivity contribution in [1.29, 1.82) is 5.26 Å². The highest BCUT2D eigenvalue weighted by Crippen LogP contribution is 2.28. The van der Waals surface area contributed by atoms with Crippen LogP contribution in [0, 0.1) is 11.3 Å². The van der Waals surface area contributed by atoms with E-state index in [1.165, 1.54) is 7.11 Å². The molecule has 0 bridgehead atoms. The maximum atomic E-state index is 12.9. The number of hydrogen-bond acceptors (Lipinski definition) is 4. The molecule has 0 aliphatic carbocycles. The lowest BCUT2D eigenvalue weighted by atomic mass is 10.1.